The first-order chi connectivity index (χ1) is 12.7. The second-order valence-electron chi connectivity index (χ2n) is 5.67. The van der Waals surface area contributed by atoms with Gasteiger partial charge in [-0.15, -0.1) is 11.3 Å². The number of hydrogen-bond donors (Lipinski definition) is 1. The molecule has 0 spiro atoms. The number of thiophene rings is 1. The number of hydrogen-bond acceptors (Lipinski definition) is 6. The molecule has 1 aromatic carbocycles. The van der Waals surface area contributed by atoms with Crippen LogP contribution < -0.4 is 14.4 Å². The van der Waals surface area contributed by atoms with Gasteiger partial charge < -0.3 is 19.5 Å². The summed E-state index contributed by atoms with van der Waals surface area (Å²) in [6, 6.07) is 12.3. The van der Waals surface area contributed by atoms with Crippen molar-refractivity contribution in [1.29, 1.82) is 0 Å². The molecule has 0 bridgehead atoms. The molecule has 0 atom stereocenters. The van der Waals surface area contributed by atoms with Crippen molar-refractivity contribution in [2.24, 2.45) is 0 Å². The van der Waals surface area contributed by atoms with E-state index >= 15 is 0 Å². The molecule has 1 aliphatic rings. The Bertz CT molecular complexity index is 927. The fourth-order valence-corrected chi connectivity index (χ4v) is 3.42. The average molecular weight is 368 g/mol. The van der Waals surface area contributed by atoms with Gasteiger partial charge in [0.2, 0.25) is 0 Å². The summed E-state index contributed by atoms with van der Waals surface area (Å²) in [6.07, 6.45) is 1.49. The van der Waals surface area contributed by atoms with Crippen molar-refractivity contribution in [3.63, 3.8) is 0 Å². The number of ether oxygens (including phenoxy) is 2. The number of pyridine rings is 1. The molecule has 4 rings (SSSR count). The van der Waals surface area contributed by atoms with Gasteiger partial charge >= 0.3 is 0 Å². The van der Waals surface area contributed by atoms with Crippen LogP contribution in [0.1, 0.15) is 15.4 Å². The first kappa shape index (κ1) is 16.4. The van der Waals surface area contributed by atoms with Gasteiger partial charge in [-0.3, -0.25) is 4.79 Å². The normalized spacial score (nSPS) is 12.6. The average Bonchev–Trinajstić information content (AvgIpc) is 3.19. The van der Waals surface area contributed by atoms with Crippen molar-refractivity contribution in [3.05, 3.63) is 64.6 Å². The fraction of sp³-hybridized carbons (Fsp3) is 0.158. The summed E-state index contributed by atoms with van der Waals surface area (Å²) in [5.74, 6) is 0.728. The lowest BCUT2D eigenvalue weighted by Crippen LogP contribution is -2.31. The molecule has 0 fully saturated rings. The number of benzene rings is 1. The summed E-state index contributed by atoms with van der Waals surface area (Å²) in [4.78, 5) is 19.7. The number of aromatic nitrogens is 1. The van der Waals surface area contributed by atoms with Crippen molar-refractivity contribution >= 4 is 22.9 Å². The standard InChI is InChI=1S/C19H16N2O4S/c22-15-4-1-7-20-18(15)19(23)21(12-14-3-2-10-26-14)13-5-6-16-17(11-13)25-9-8-24-16/h1-7,10-11,22H,8-9,12H2. The number of fused-ring (bicyclic) bond motifs is 1. The predicted molar refractivity (Wildman–Crippen MR) is 98.2 cm³/mol. The summed E-state index contributed by atoms with van der Waals surface area (Å²) < 4.78 is 11.2. The molecule has 3 aromatic rings. The van der Waals surface area contributed by atoms with Crippen LogP contribution in [0.2, 0.25) is 0 Å². The number of carbonyl (C=O) groups excluding carboxylic acids is 1. The van der Waals surface area contributed by atoms with E-state index < -0.39 is 0 Å². The van der Waals surface area contributed by atoms with E-state index in [1.165, 1.54) is 12.3 Å². The van der Waals surface area contributed by atoms with Crippen LogP contribution in [0.25, 0.3) is 0 Å². The number of aromatic hydroxyl groups is 1. The molecule has 0 aliphatic carbocycles. The van der Waals surface area contributed by atoms with Crippen molar-refractivity contribution in [2.45, 2.75) is 6.54 Å². The van der Waals surface area contributed by atoms with Crippen molar-refractivity contribution in [3.8, 4) is 17.2 Å². The Hall–Kier alpha value is -3.06. The van der Waals surface area contributed by atoms with Gasteiger partial charge in [0.05, 0.1) is 6.54 Å². The quantitative estimate of drug-likeness (QED) is 0.763. The molecule has 0 saturated carbocycles. The Morgan fingerprint density at radius 3 is 2.77 bits per heavy atom. The van der Waals surface area contributed by atoms with E-state index in [0.717, 1.165) is 4.88 Å². The zero-order valence-electron chi connectivity index (χ0n) is 13.8. The minimum absolute atomic E-state index is 0.0129. The van der Waals surface area contributed by atoms with E-state index in [-0.39, 0.29) is 17.4 Å². The number of carbonyl (C=O) groups is 1. The van der Waals surface area contributed by atoms with E-state index in [1.54, 1.807) is 40.5 Å². The fourth-order valence-electron chi connectivity index (χ4n) is 2.73. The van der Waals surface area contributed by atoms with Crippen molar-refractivity contribution < 1.29 is 19.4 Å². The van der Waals surface area contributed by atoms with Crippen LogP contribution in [0.15, 0.2) is 54.0 Å². The molecule has 0 radical (unpaired) electrons. The third-order valence-electron chi connectivity index (χ3n) is 3.97. The van der Waals surface area contributed by atoms with Crippen molar-refractivity contribution in [1.82, 2.24) is 4.98 Å². The second kappa shape index (κ2) is 7.05. The van der Waals surface area contributed by atoms with Crippen LogP contribution >= 0.6 is 11.3 Å². The smallest absolute Gasteiger partial charge is 0.281 e. The SMILES string of the molecule is O=C(c1ncccc1O)N(Cc1cccs1)c1ccc2c(c1)OCCO2. The summed E-state index contributed by atoms with van der Waals surface area (Å²) in [6.45, 7) is 1.34. The molecule has 6 nitrogen and oxygen atoms in total. The van der Waals surface area contributed by atoms with Gasteiger partial charge in [-0.05, 0) is 35.7 Å². The van der Waals surface area contributed by atoms with E-state index in [9.17, 15) is 9.90 Å². The minimum atomic E-state index is -0.381. The van der Waals surface area contributed by atoms with E-state index in [0.29, 0.717) is 36.9 Å². The molecule has 1 N–H and O–H groups in total. The highest BCUT2D eigenvalue weighted by atomic mass is 32.1. The van der Waals surface area contributed by atoms with Crippen LogP contribution in [0.3, 0.4) is 0 Å². The molecule has 2 aromatic heterocycles. The summed E-state index contributed by atoms with van der Waals surface area (Å²) in [7, 11) is 0. The summed E-state index contributed by atoms with van der Waals surface area (Å²) in [5, 5.41) is 12.0. The zero-order chi connectivity index (χ0) is 17.9. The lowest BCUT2D eigenvalue weighted by atomic mass is 10.2. The van der Waals surface area contributed by atoms with Crippen molar-refractivity contribution in [2.75, 3.05) is 18.1 Å². The lowest BCUT2D eigenvalue weighted by Gasteiger charge is -2.25. The number of amides is 1. The lowest BCUT2D eigenvalue weighted by molar-refractivity contribution is 0.0977. The van der Waals surface area contributed by atoms with Crippen LogP contribution in [0.4, 0.5) is 5.69 Å². The van der Waals surface area contributed by atoms with Gasteiger partial charge in [0.1, 0.15) is 19.0 Å². The molecule has 132 valence electrons. The minimum Gasteiger partial charge on any atom is -0.505 e. The second-order valence-corrected chi connectivity index (χ2v) is 6.70. The topological polar surface area (TPSA) is 71.9 Å². The number of anilines is 1. The first-order valence-corrected chi connectivity index (χ1v) is 8.98. The number of rotatable bonds is 4. The van der Waals surface area contributed by atoms with E-state index in [2.05, 4.69) is 4.98 Å². The third kappa shape index (κ3) is 3.21. The van der Waals surface area contributed by atoms with Gasteiger partial charge in [-0.2, -0.15) is 0 Å². The monoisotopic (exact) mass is 368 g/mol. The van der Waals surface area contributed by atoms with Gasteiger partial charge in [0.25, 0.3) is 5.91 Å². The molecular weight excluding hydrogens is 352 g/mol. The Morgan fingerprint density at radius 2 is 2.00 bits per heavy atom. The molecule has 1 amide bonds. The highest BCUT2D eigenvalue weighted by Crippen LogP contribution is 2.35. The Balaban J connectivity index is 1.73. The Labute approximate surface area is 154 Å². The molecule has 26 heavy (non-hydrogen) atoms. The maximum absolute atomic E-state index is 13.1. The maximum Gasteiger partial charge on any atom is 0.281 e. The van der Waals surface area contributed by atoms with Crippen LogP contribution in [-0.4, -0.2) is 29.2 Å². The summed E-state index contributed by atoms with van der Waals surface area (Å²) >= 11 is 1.56. The van der Waals surface area contributed by atoms with Gasteiger partial charge in [-0.1, -0.05) is 6.07 Å². The third-order valence-corrected chi connectivity index (χ3v) is 4.83. The van der Waals surface area contributed by atoms with Gasteiger partial charge in [0.15, 0.2) is 17.2 Å². The first-order valence-electron chi connectivity index (χ1n) is 8.10. The van der Waals surface area contributed by atoms with E-state index in [4.69, 9.17) is 9.47 Å². The highest BCUT2D eigenvalue weighted by molar-refractivity contribution is 7.09. The molecule has 7 heteroatoms. The molecule has 0 saturated heterocycles. The van der Waals surface area contributed by atoms with Gasteiger partial charge in [-0.25, -0.2) is 4.98 Å². The van der Waals surface area contributed by atoms with Gasteiger partial charge in [0, 0.05) is 22.8 Å². The number of nitrogens with zero attached hydrogens (tertiary/aromatic N) is 2. The molecular formula is C19H16N2O4S. The van der Waals surface area contributed by atoms with E-state index in [1.807, 2.05) is 17.5 Å². The molecule has 0 unspecified atom stereocenters. The summed E-state index contributed by atoms with van der Waals surface area (Å²) in [5.41, 5.74) is 0.664. The molecule has 3 heterocycles. The largest absolute Gasteiger partial charge is 0.505 e. The molecule has 1 aliphatic heterocycles. The highest BCUT2D eigenvalue weighted by Gasteiger charge is 2.24. The Kier molecular flexibility index (Phi) is 4.45. The Morgan fingerprint density at radius 1 is 1.15 bits per heavy atom. The predicted octanol–water partition coefficient (Wildman–Crippen LogP) is 3.47. The van der Waals surface area contributed by atoms with Crippen LogP contribution in [0, 0.1) is 0 Å². The maximum atomic E-state index is 13.1. The zero-order valence-corrected chi connectivity index (χ0v) is 14.6. The van der Waals surface area contributed by atoms with Crippen LogP contribution in [0.5, 0.6) is 17.2 Å². The van der Waals surface area contributed by atoms with Crippen LogP contribution in [-0.2, 0) is 6.54 Å².